The van der Waals surface area contributed by atoms with Gasteiger partial charge in [0.25, 0.3) is 0 Å². The molecule has 1 rings (SSSR count). The number of hydrogen-bond acceptors (Lipinski definition) is 2. The highest BCUT2D eigenvalue weighted by atomic mass is 35.5. The second-order valence-electron chi connectivity index (χ2n) is 4.35. The lowest BCUT2D eigenvalue weighted by Gasteiger charge is -2.16. The smallest absolute Gasteiger partial charge is 0.234 e. The number of hydrogen-bond donors (Lipinski definition) is 2. The van der Waals surface area contributed by atoms with E-state index in [0.717, 1.165) is 10.6 Å². The van der Waals surface area contributed by atoms with Crippen molar-refractivity contribution in [3.05, 3.63) is 34.9 Å². The average molecular weight is 255 g/mol. The molecule has 0 heterocycles. The molecule has 0 saturated carbocycles. The van der Waals surface area contributed by atoms with E-state index in [9.17, 15) is 4.79 Å². The van der Waals surface area contributed by atoms with Crippen LogP contribution in [0.25, 0.3) is 0 Å². The SMILES string of the molecule is CC(C)NC(=O)CNC(C)c1ccccc1Cl. The maximum absolute atomic E-state index is 11.5. The second kappa shape index (κ2) is 6.62. The predicted octanol–water partition coefficient (Wildman–Crippen LogP) is 2.52. The zero-order valence-corrected chi connectivity index (χ0v) is 11.2. The third-order valence-corrected chi connectivity index (χ3v) is 2.73. The molecule has 1 aromatic carbocycles. The molecule has 0 spiro atoms. The van der Waals surface area contributed by atoms with Gasteiger partial charge in [-0.3, -0.25) is 4.79 Å². The predicted molar refractivity (Wildman–Crippen MR) is 71.1 cm³/mol. The van der Waals surface area contributed by atoms with Gasteiger partial charge in [0.15, 0.2) is 0 Å². The maximum atomic E-state index is 11.5. The van der Waals surface area contributed by atoms with E-state index in [4.69, 9.17) is 11.6 Å². The first-order chi connectivity index (χ1) is 8.00. The van der Waals surface area contributed by atoms with Crippen molar-refractivity contribution in [2.45, 2.75) is 32.9 Å². The van der Waals surface area contributed by atoms with Gasteiger partial charge >= 0.3 is 0 Å². The molecule has 1 unspecified atom stereocenters. The van der Waals surface area contributed by atoms with Gasteiger partial charge in [-0.15, -0.1) is 0 Å². The number of amides is 1. The fourth-order valence-electron chi connectivity index (χ4n) is 1.56. The van der Waals surface area contributed by atoms with Crippen molar-refractivity contribution >= 4 is 17.5 Å². The Morgan fingerprint density at radius 1 is 1.29 bits per heavy atom. The molecule has 2 N–H and O–H groups in total. The Bertz CT molecular complexity index is 379. The van der Waals surface area contributed by atoms with Crippen molar-refractivity contribution in [1.29, 1.82) is 0 Å². The van der Waals surface area contributed by atoms with E-state index in [1.54, 1.807) is 0 Å². The molecular weight excluding hydrogens is 236 g/mol. The zero-order chi connectivity index (χ0) is 12.8. The molecule has 0 bridgehead atoms. The maximum Gasteiger partial charge on any atom is 0.234 e. The normalized spacial score (nSPS) is 12.5. The lowest BCUT2D eigenvalue weighted by atomic mass is 10.1. The summed E-state index contributed by atoms with van der Waals surface area (Å²) in [6, 6.07) is 7.86. The molecule has 0 saturated heterocycles. The van der Waals surface area contributed by atoms with Crippen LogP contribution in [-0.2, 0) is 4.79 Å². The largest absolute Gasteiger partial charge is 0.353 e. The molecule has 17 heavy (non-hydrogen) atoms. The molecular formula is C13H19ClN2O. The standard InChI is InChI=1S/C13H19ClN2O/c1-9(2)16-13(17)8-15-10(3)11-6-4-5-7-12(11)14/h4-7,9-10,15H,8H2,1-3H3,(H,16,17). The minimum absolute atomic E-state index is 0.00102. The van der Waals surface area contributed by atoms with Gasteiger partial charge in [0.1, 0.15) is 0 Å². The van der Waals surface area contributed by atoms with E-state index in [0.29, 0.717) is 6.54 Å². The summed E-state index contributed by atoms with van der Waals surface area (Å²) in [5.74, 6) is -0.00102. The molecule has 0 radical (unpaired) electrons. The summed E-state index contributed by atoms with van der Waals surface area (Å²) in [7, 11) is 0. The van der Waals surface area contributed by atoms with Gasteiger partial charge in [-0.05, 0) is 32.4 Å². The summed E-state index contributed by atoms with van der Waals surface area (Å²) in [6.45, 7) is 6.17. The average Bonchev–Trinajstić information content (AvgIpc) is 2.25. The summed E-state index contributed by atoms with van der Waals surface area (Å²) in [6.07, 6.45) is 0. The summed E-state index contributed by atoms with van der Waals surface area (Å²) >= 11 is 6.08. The Hall–Kier alpha value is -1.06. The van der Waals surface area contributed by atoms with Crippen molar-refractivity contribution in [2.24, 2.45) is 0 Å². The highest BCUT2D eigenvalue weighted by Crippen LogP contribution is 2.21. The zero-order valence-electron chi connectivity index (χ0n) is 10.5. The summed E-state index contributed by atoms with van der Waals surface area (Å²) < 4.78 is 0. The van der Waals surface area contributed by atoms with Crippen molar-refractivity contribution in [2.75, 3.05) is 6.54 Å². The number of nitrogens with one attached hydrogen (secondary N) is 2. The molecule has 0 aliphatic carbocycles. The lowest BCUT2D eigenvalue weighted by molar-refractivity contribution is -0.120. The molecule has 0 aliphatic heterocycles. The van der Waals surface area contributed by atoms with Gasteiger partial charge in [-0.25, -0.2) is 0 Å². The van der Waals surface area contributed by atoms with Crippen LogP contribution in [0.2, 0.25) is 5.02 Å². The van der Waals surface area contributed by atoms with Crippen LogP contribution in [0.3, 0.4) is 0 Å². The number of benzene rings is 1. The monoisotopic (exact) mass is 254 g/mol. The van der Waals surface area contributed by atoms with Crippen LogP contribution in [0.5, 0.6) is 0 Å². The van der Waals surface area contributed by atoms with Gasteiger partial charge in [0.2, 0.25) is 5.91 Å². The molecule has 4 heteroatoms. The molecule has 1 amide bonds. The fourth-order valence-corrected chi connectivity index (χ4v) is 1.85. The van der Waals surface area contributed by atoms with Crippen LogP contribution in [0.4, 0.5) is 0 Å². The Balaban J connectivity index is 2.48. The van der Waals surface area contributed by atoms with Gasteiger partial charge in [0.05, 0.1) is 6.54 Å². The number of carbonyl (C=O) groups excluding carboxylic acids is 1. The van der Waals surface area contributed by atoms with Crippen molar-refractivity contribution in [1.82, 2.24) is 10.6 Å². The van der Waals surface area contributed by atoms with E-state index < -0.39 is 0 Å². The minimum atomic E-state index is -0.00102. The summed E-state index contributed by atoms with van der Waals surface area (Å²) in [5.41, 5.74) is 1.01. The first-order valence-electron chi connectivity index (χ1n) is 5.78. The third kappa shape index (κ3) is 4.75. The summed E-state index contributed by atoms with van der Waals surface area (Å²) in [4.78, 5) is 11.5. The number of rotatable bonds is 5. The number of carbonyl (C=O) groups is 1. The van der Waals surface area contributed by atoms with Gasteiger partial charge in [-0.2, -0.15) is 0 Å². The van der Waals surface area contributed by atoms with E-state index in [1.807, 2.05) is 45.0 Å². The Morgan fingerprint density at radius 2 is 1.94 bits per heavy atom. The van der Waals surface area contributed by atoms with Crippen LogP contribution in [0, 0.1) is 0 Å². The molecule has 0 aromatic heterocycles. The van der Waals surface area contributed by atoms with Crippen LogP contribution in [-0.4, -0.2) is 18.5 Å². The van der Waals surface area contributed by atoms with Crippen LogP contribution in [0.1, 0.15) is 32.4 Å². The van der Waals surface area contributed by atoms with Crippen LogP contribution in [0.15, 0.2) is 24.3 Å². The molecule has 0 aliphatic rings. The van der Waals surface area contributed by atoms with E-state index in [-0.39, 0.29) is 18.0 Å². The van der Waals surface area contributed by atoms with Crippen molar-refractivity contribution in [3.63, 3.8) is 0 Å². The van der Waals surface area contributed by atoms with Crippen LogP contribution >= 0.6 is 11.6 Å². The minimum Gasteiger partial charge on any atom is -0.353 e. The van der Waals surface area contributed by atoms with E-state index >= 15 is 0 Å². The van der Waals surface area contributed by atoms with Crippen LogP contribution < -0.4 is 10.6 Å². The van der Waals surface area contributed by atoms with Gasteiger partial charge in [-0.1, -0.05) is 29.8 Å². The molecule has 1 atom stereocenters. The molecule has 3 nitrogen and oxygen atoms in total. The first-order valence-corrected chi connectivity index (χ1v) is 6.15. The van der Waals surface area contributed by atoms with E-state index in [2.05, 4.69) is 10.6 Å². The topological polar surface area (TPSA) is 41.1 Å². The third-order valence-electron chi connectivity index (χ3n) is 2.39. The number of halogens is 1. The van der Waals surface area contributed by atoms with Crippen molar-refractivity contribution < 1.29 is 4.79 Å². The Kier molecular flexibility index (Phi) is 5.45. The summed E-state index contributed by atoms with van der Waals surface area (Å²) in [5, 5.41) is 6.70. The Labute approximate surface area is 108 Å². The molecule has 1 aromatic rings. The van der Waals surface area contributed by atoms with Crippen molar-refractivity contribution in [3.8, 4) is 0 Å². The molecule has 94 valence electrons. The fraction of sp³-hybridized carbons (Fsp3) is 0.462. The highest BCUT2D eigenvalue weighted by Gasteiger charge is 2.10. The van der Waals surface area contributed by atoms with Gasteiger partial charge < -0.3 is 10.6 Å². The quantitative estimate of drug-likeness (QED) is 0.848. The second-order valence-corrected chi connectivity index (χ2v) is 4.75. The van der Waals surface area contributed by atoms with Gasteiger partial charge in [0, 0.05) is 17.1 Å². The highest BCUT2D eigenvalue weighted by molar-refractivity contribution is 6.31. The van der Waals surface area contributed by atoms with E-state index in [1.165, 1.54) is 0 Å². The lowest BCUT2D eigenvalue weighted by Crippen LogP contribution is -2.38. The first kappa shape index (κ1) is 14.0. The Morgan fingerprint density at radius 3 is 2.53 bits per heavy atom. The molecule has 0 fully saturated rings.